The van der Waals surface area contributed by atoms with E-state index in [1.165, 1.54) is 19.3 Å². The van der Waals surface area contributed by atoms with E-state index < -0.39 is 0 Å². The van der Waals surface area contributed by atoms with Gasteiger partial charge in [0, 0.05) is 13.1 Å². The van der Waals surface area contributed by atoms with Gasteiger partial charge in [-0.1, -0.05) is 25.4 Å². The van der Waals surface area contributed by atoms with Gasteiger partial charge in [-0.2, -0.15) is 5.10 Å². The fraction of sp³-hybridized carbons (Fsp3) is 0.667. The molecule has 2 heterocycles. The van der Waals surface area contributed by atoms with E-state index in [2.05, 4.69) is 33.8 Å². The molecule has 0 amide bonds. The molecular formula is C15H22ClN5. The first-order valence-electron chi connectivity index (χ1n) is 7.62. The zero-order valence-corrected chi connectivity index (χ0v) is 13.6. The zero-order chi connectivity index (χ0) is 15.0. The number of fused-ring (bicyclic) bond motifs is 1. The summed E-state index contributed by atoms with van der Waals surface area (Å²) >= 11 is 6.26. The van der Waals surface area contributed by atoms with E-state index in [0.29, 0.717) is 11.2 Å². The van der Waals surface area contributed by atoms with Crippen LogP contribution in [-0.2, 0) is 13.6 Å². The molecule has 1 aliphatic carbocycles. The van der Waals surface area contributed by atoms with Gasteiger partial charge in [0.05, 0.1) is 18.1 Å². The molecule has 0 bridgehead atoms. The van der Waals surface area contributed by atoms with Crippen molar-refractivity contribution < 1.29 is 0 Å². The molecule has 0 unspecified atom stereocenters. The molecule has 21 heavy (non-hydrogen) atoms. The van der Waals surface area contributed by atoms with Crippen molar-refractivity contribution in [3.8, 4) is 0 Å². The van der Waals surface area contributed by atoms with Gasteiger partial charge in [0.15, 0.2) is 5.65 Å². The summed E-state index contributed by atoms with van der Waals surface area (Å²) in [7, 11) is 1.88. The average Bonchev–Trinajstić information content (AvgIpc) is 3.20. The fourth-order valence-corrected chi connectivity index (χ4v) is 2.77. The second-order valence-corrected chi connectivity index (χ2v) is 6.68. The molecule has 1 saturated carbocycles. The van der Waals surface area contributed by atoms with Crippen LogP contribution in [0.25, 0.3) is 11.0 Å². The van der Waals surface area contributed by atoms with Gasteiger partial charge >= 0.3 is 0 Å². The van der Waals surface area contributed by atoms with Crippen LogP contribution in [0.1, 0.15) is 38.9 Å². The summed E-state index contributed by atoms with van der Waals surface area (Å²) in [6, 6.07) is 0.702. The number of hydrogen-bond donors (Lipinski definition) is 0. The van der Waals surface area contributed by atoms with Crippen molar-refractivity contribution in [1.29, 1.82) is 0 Å². The molecule has 0 atom stereocenters. The molecule has 0 aliphatic heterocycles. The number of aryl methyl sites for hydroxylation is 1. The van der Waals surface area contributed by atoms with E-state index in [9.17, 15) is 0 Å². The molecule has 1 fully saturated rings. The van der Waals surface area contributed by atoms with E-state index in [4.69, 9.17) is 11.6 Å². The lowest BCUT2D eigenvalue weighted by Crippen LogP contribution is -2.28. The maximum absolute atomic E-state index is 6.26. The summed E-state index contributed by atoms with van der Waals surface area (Å²) in [5.74, 6) is 1.52. The highest BCUT2D eigenvalue weighted by Gasteiger charge is 2.29. The Hall–Kier alpha value is -1.20. The standard InChI is InChI=1S/C15H22ClN5/c1-10(2)6-7-21(11-4-5-11)9-13-18-14(16)12-8-17-20(3)15(12)19-13/h8,10-11H,4-7,9H2,1-3H3. The van der Waals surface area contributed by atoms with E-state index in [0.717, 1.165) is 35.9 Å². The first kappa shape index (κ1) is 14.7. The lowest BCUT2D eigenvalue weighted by Gasteiger charge is -2.22. The van der Waals surface area contributed by atoms with Crippen molar-refractivity contribution in [3.63, 3.8) is 0 Å². The Balaban J connectivity index is 1.80. The molecule has 0 saturated heterocycles. The molecular weight excluding hydrogens is 286 g/mol. The second kappa shape index (κ2) is 5.89. The van der Waals surface area contributed by atoms with Crippen LogP contribution < -0.4 is 0 Å². The van der Waals surface area contributed by atoms with Crippen LogP contribution in [0, 0.1) is 5.92 Å². The van der Waals surface area contributed by atoms with Crippen molar-refractivity contribution in [2.24, 2.45) is 13.0 Å². The van der Waals surface area contributed by atoms with Crippen molar-refractivity contribution in [2.75, 3.05) is 6.54 Å². The Morgan fingerprint density at radius 1 is 1.38 bits per heavy atom. The Morgan fingerprint density at radius 3 is 2.81 bits per heavy atom. The highest BCUT2D eigenvalue weighted by molar-refractivity contribution is 6.33. The van der Waals surface area contributed by atoms with Gasteiger partial charge in [0.1, 0.15) is 11.0 Å². The molecule has 2 aromatic rings. The van der Waals surface area contributed by atoms with Crippen LogP contribution in [-0.4, -0.2) is 37.2 Å². The highest BCUT2D eigenvalue weighted by Crippen LogP contribution is 2.29. The lowest BCUT2D eigenvalue weighted by molar-refractivity contribution is 0.234. The zero-order valence-electron chi connectivity index (χ0n) is 12.9. The molecule has 2 aromatic heterocycles. The van der Waals surface area contributed by atoms with Gasteiger partial charge < -0.3 is 0 Å². The predicted octanol–water partition coefficient (Wildman–Crippen LogP) is 3.03. The summed E-state index contributed by atoms with van der Waals surface area (Å²) in [6.45, 7) is 6.41. The molecule has 1 aliphatic rings. The summed E-state index contributed by atoms with van der Waals surface area (Å²) in [4.78, 5) is 11.6. The first-order chi connectivity index (χ1) is 10.0. The van der Waals surface area contributed by atoms with Crippen molar-refractivity contribution >= 4 is 22.6 Å². The van der Waals surface area contributed by atoms with Gasteiger partial charge in [-0.25, -0.2) is 9.97 Å². The van der Waals surface area contributed by atoms with E-state index in [-0.39, 0.29) is 0 Å². The first-order valence-corrected chi connectivity index (χ1v) is 8.00. The third-order valence-corrected chi connectivity index (χ3v) is 4.28. The summed E-state index contributed by atoms with van der Waals surface area (Å²) in [5, 5.41) is 5.52. The minimum atomic E-state index is 0.503. The van der Waals surface area contributed by atoms with Crippen molar-refractivity contribution in [1.82, 2.24) is 24.6 Å². The summed E-state index contributed by atoms with van der Waals surface area (Å²) < 4.78 is 1.75. The third-order valence-electron chi connectivity index (χ3n) is 3.99. The Bertz CT molecular complexity index is 632. The maximum Gasteiger partial charge on any atom is 0.162 e. The Labute approximate surface area is 130 Å². The number of rotatable bonds is 6. The average molecular weight is 308 g/mol. The van der Waals surface area contributed by atoms with E-state index >= 15 is 0 Å². The van der Waals surface area contributed by atoms with E-state index in [1.54, 1.807) is 10.9 Å². The van der Waals surface area contributed by atoms with Gasteiger partial charge in [-0.3, -0.25) is 9.58 Å². The molecule has 0 radical (unpaired) electrons. The Morgan fingerprint density at radius 2 is 2.14 bits per heavy atom. The molecule has 0 spiro atoms. The van der Waals surface area contributed by atoms with Gasteiger partial charge in [0.25, 0.3) is 0 Å². The monoisotopic (exact) mass is 307 g/mol. The number of hydrogen-bond acceptors (Lipinski definition) is 4. The summed E-state index contributed by atoms with van der Waals surface area (Å²) in [5.41, 5.74) is 0.810. The minimum Gasteiger partial charge on any atom is -0.293 e. The van der Waals surface area contributed by atoms with Crippen LogP contribution in [0.5, 0.6) is 0 Å². The van der Waals surface area contributed by atoms with Crippen LogP contribution >= 0.6 is 11.6 Å². The number of aromatic nitrogens is 4. The number of halogens is 1. The molecule has 5 nitrogen and oxygen atoms in total. The van der Waals surface area contributed by atoms with E-state index in [1.807, 2.05) is 7.05 Å². The normalized spacial score (nSPS) is 15.5. The van der Waals surface area contributed by atoms with Crippen LogP contribution in [0.4, 0.5) is 0 Å². The largest absolute Gasteiger partial charge is 0.293 e. The lowest BCUT2D eigenvalue weighted by atomic mass is 10.1. The predicted molar refractivity (Wildman–Crippen MR) is 84.2 cm³/mol. The molecule has 0 aromatic carbocycles. The quantitative estimate of drug-likeness (QED) is 0.770. The van der Waals surface area contributed by atoms with Gasteiger partial charge in [-0.15, -0.1) is 0 Å². The SMILES string of the molecule is CC(C)CCN(Cc1nc(Cl)c2cnn(C)c2n1)C1CC1. The van der Waals surface area contributed by atoms with Crippen molar-refractivity contribution in [2.45, 2.75) is 45.7 Å². The fourth-order valence-electron chi connectivity index (χ4n) is 2.54. The maximum atomic E-state index is 6.26. The third kappa shape index (κ3) is 3.35. The van der Waals surface area contributed by atoms with Crippen LogP contribution in [0.2, 0.25) is 5.15 Å². The summed E-state index contributed by atoms with van der Waals surface area (Å²) in [6.07, 6.45) is 5.51. The number of nitrogens with zero attached hydrogens (tertiary/aromatic N) is 5. The molecule has 6 heteroatoms. The Kier molecular flexibility index (Phi) is 4.13. The smallest absolute Gasteiger partial charge is 0.162 e. The molecule has 0 N–H and O–H groups in total. The highest BCUT2D eigenvalue weighted by atomic mass is 35.5. The van der Waals surface area contributed by atoms with Crippen LogP contribution in [0.3, 0.4) is 0 Å². The minimum absolute atomic E-state index is 0.503. The molecule has 3 rings (SSSR count). The topological polar surface area (TPSA) is 46.8 Å². The van der Waals surface area contributed by atoms with Crippen LogP contribution in [0.15, 0.2) is 6.20 Å². The second-order valence-electron chi connectivity index (χ2n) is 6.32. The van der Waals surface area contributed by atoms with Gasteiger partial charge in [0.2, 0.25) is 0 Å². The molecule has 114 valence electrons. The van der Waals surface area contributed by atoms with Crippen molar-refractivity contribution in [3.05, 3.63) is 17.2 Å². The van der Waals surface area contributed by atoms with Gasteiger partial charge in [-0.05, 0) is 31.7 Å².